The zero-order valence-electron chi connectivity index (χ0n) is 7.60. The van der Waals surface area contributed by atoms with Crippen molar-refractivity contribution in [2.45, 2.75) is 13.0 Å². The van der Waals surface area contributed by atoms with Crippen molar-refractivity contribution >= 4 is 29.1 Å². The smallest absolute Gasteiger partial charge is 0.267 e. The molecule has 1 aromatic rings. The number of carbonyl (C=O) groups is 1. The molecule has 6 heteroatoms. The summed E-state index contributed by atoms with van der Waals surface area (Å²) in [6, 6.07) is 1.39. The second-order valence-electron chi connectivity index (χ2n) is 3.03. The lowest BCUT2D eigenvalue weighted by molar-refractivity contribution is 0.0947. The van der Waals surface area contributed by atoms with E-state index in [4.69, 9.17) is 28.9 Å². The number of carbonyl (C=O) groups excluding carboxylic acids is 1. The standard InChI is InChI=1S/C8H11Cl2N3O/c1-4(11)3-12-8(14)6-2-5(9)7(10)13-6/h2,4,13H,3,11H2,1H3,(H,12,14). The predicted molar refractivity (Wildman–Crippen MR) is 56.8 cm³/mol. The van der Waals surface area contributed by atoms with Gasteiger partial charge in [-0.3, -0.25) is 4.79 Å². The van der Waals surface area contributed by atoms with Crippen LogP contribution in [0, 0.1) is 0 Å². The molecule has 14 heavy (non-hydrogen) atoms. The van der Waals surface area contributed by atoms with Gasteiger partial charge in [-0.1, -0.05) is 23.2 Å². The van der Waals surface area contributed by atoms with Gasteiger partial charge in [0.1, 0.15) is 10.8 Å². The number of hydrogen-bond donors (Lipinski definition) is 3. The molecule has 0 spiro atoms. The van der Waals surface area contributed by atoms with Gasteiger partial charge in [-0.25, -0.2) is 0 Å². The van der Waals surface area contributed by atoms with Gasteiger partial charge in [-0.05, 0) is 13.0 Å². The molecule has 1 atom stereocenters. The number of nitrogens with two attached hydrogens (primary N) is 1. The van der Waals surface area contributed by atoms with Crippen molar-refractivity contribution < 1.29 is 4.79 Å². The fourth-order valence-corrected chi connectivity index (χ4v) is 1.19. The summed E-state index contributed by atoms with van der Waals surface area (Å²) in [5, 5.41) is 3.22. The summed E-state index contributed by atoms with van der Waals surface area (Å²) < 4.78 is 0. The van der Waals surface area contributed by atoms with Crippen molar-refractivity contribution in [3.05, 3.63) is 21.9 Å². The van der Waals surface area contributed by atoms with Gasteiger partial charge < -0.3 is 16.0 Å². The van der Waals surface area contributed by atoms with Crippen LogP contribution < -0.4 is 11.1 Å². The van der Waals surface area contributed by atoms with Gasteiger partial charge in [0.2, 0.25) is 0 Å². The molecule has 0 aliphatic rings. The number of aromatic amines is 1. The van der Waals surface area contributed by atoms with E-state index in [-0.39, 0.29) is 17.1 Å². The topological polar surface area (TPSA) is 70.9 Å². The summed E-state index contributed by atoms with van der Waals surface area (Å²) in [7, 11) is 0. The Morgan fingerprint density at radius 1 is 1.71 bits per heavy atom. The molecule has 0 radical (unpaired) electrons. The maximum Gasteiger partial charge on any atom is 0.267 e. The molecular formula is C8H11Cl2N3O. The molecule has 78 valence electrons. The van der Waals surface area contributed by atoms with E-state index in [1.807, 2.05) is 0 Å². The third-order valence-electron chi connectivity index (χ3n) is 1.55. The van der Waals surface area contributed by atoms with Gasteiger partial charge >= 0.3 is 0 Å². The van der Waals surface area contributed by atoms with Gasteiger partial charge in [0.25, 0.3) is 5.91 Å². The van der Waals surface area contributed by atoms with E-state index < -0.39 is 0 Å². The van der Waals surface area contributed by atoms with Crippen LogP contribution in [0.1, 0.15) is 17.4 Å². The number of rotatable bonds is 3. The van der Waals surface area contributed by atoms with E-state index >= 15 is 0 Å². The first-order chi connectivity index (χ1) is 6.50. The molecule has 4 N–H and O–H groups in total. The summed E-state index contributed by atoms with van der Waals surface area (Å²) in [5.41, 5.74) is 5.81. The average Bonchev–Trinajstić information content (AvgIpc) is 2.43. The minimum atomic E-state index is -0.267. The van der Waals surface area contributed by atoms with Crippen LogP contribution in [0.3, 0.4) is 0 Å². The first-order valence-corrected chi connectivity index (χ1v) is 4.84. The van der Waals surface area contributed by atoms with E-state index in [1.165, 1.54) is 6.07 Å². The molecule has 1 rings (SSSR count). The van der Waals surface area contributed by atoms with Crippen molar-refractivity contribution in [1.82, 2.24) is 10.3 Å². The number of hydrogen-bond acceptors (Lipinski definition) is 2. The Balaban J connectivity index is 2.61. The zero-order valence-corrected chi connectivity index (χ0v) is 9.12. The van der Waals surface area contributed by atoms with Crippen molar-refractivity contribution in [2.75, 3.05) is 6.54 Å². The Hall–Kier alpha value is -0.710. The molecule has 0 aromatic carbocycles. The predicted octanol–water partition coefficient (Wildman–Crippen LogP) is 1.40. The normalized spacial score (nSPS) is 12.6. The van der Waals surface area contributed by atoms with Gasteiger partial charge in [0, 0.05) is 12.6 Å². The fraction of sp³-hybridized carbons (Fsp3) is 0.375. The van der Waals surface area contributed by atoms with E-state index in [0.717, 1.165) is 0 Å². The molecule has 4 nitrogen and oxygen atoms in total. The summed E-state index contributed by atoms with van der Waals surface area (Å²) in [6.45, 7) is 2.21. The van der Waals surface area contributed by atoms with Crippen molar-refractivity contribution in [3.8, 4) is 0 Å². The van der Waals surface area contributed by atoms with Crippen LogP contribution in [0.25, 0.3) is 0 Å². The summed E-state index contributed by atoms with van der Waals surface area (Å²) >= 11 is 11.3. The van der Waals surface area contributed by atoms with Crippen LogP contribution in [0.5, 0.6) is 0 Å². The highest BCUT2D eigenvalue weighted by Gasteiger charge is 2.11. The molecular weight excluding hydrogens is 225 g/mol. The first kappa shape index (κ1) is 11.4. The third-order valence-corrected chi connectivity index (χ3v) is 2.25. The number of amides is 1. The number of nitrogens with one attached hydrogen (secondary N) is 2. The lowest BCUT2D eigenvalue weighted by Crippen LogP contribution is -2.35. The Morgan fingerprint density at radius 2 is 2.36 bits per heavy atom. The quantitative estimate of drug-likeness (QED) is 0.742. The second-order valence-corrected chi connectivity index (χ2v) is 3.82. The zero-order chi connectivity index (χ0) is 10.7. The van der Waals surface area contributed by atoms with Crippen LogP contribution in [0.2, 0.25) is 10.2 Å². The Morgan fingerprint density at radius 3 is 2.79 bits per heavy atom. The molecule has 0 saturated carbocycles. The maximum absolute atomic E-state index is 11.4. The number of H-pyrrole nitrogens is 1. The molecule has 1 heterocycles. The van der Waals surface area contributed by atoms with Gasteiger partial charge in [0.15, 0.2) is 0 Å². The fourth-order valence-electron chi connectivity index (χ4n) is 0.875. The van der Waals surface area contributed by atoms with Crippen LogP contribution in [0.4, 0.5) is 0 Å². The lowest BCUT2D eigenvalue weighted by atomic mass is 10.3. The molecule has 0 fully saturated rings. The van der Waals surface area contributed by atoms with E-state index in [9.17, 15) is 4.79 Å². The highest BCUT2D eigenvalue weighted by atomic mass is 35.5. The van der Waals surface area contributed by atoms with Gasteiger partial charge in [-0.15, -0.1) is 0 Å². The third kappa shape index (κ3) is 2.90. The average molecular weight is 236 g/mol. The molecule has 0 saturated heterocycles. The van der Waals surface area contributed by atoms with Gasteiger partial charge in [0.05, 0.1) is 5.02 Å². The lowest BCUT2D eigenvalue weighted by Gasteiger charge is -2.05. The monoisotopic (exact) mass is 235 g/mol. The minimum Gasteiger partial charge on any atom is -0.349 e. The van der Waals surface area contributed by atoms with Crippen LogP contribution in [0.15, 0.2) is 6.07 Å². The summed E-state index contributed by atoms with van der Waals surface area (Å²) in [5.74, 6) is -0.267. The number of aromatic nitrogens is 1. The van der Waals surface area contributed by atoms with Crippen molar-refractivity contribution in [3.63, 3.8) is 0 Å². The van der Waals surface area contributed by atoms with Crippen LogP contribution in [-0.4, -0.2) is 23.5 Å². The van der Waals surface area contributed by atoms with Crippen molar-refractivity contribution in [1.29, 1.82) is 0 Å². The largest absolute Gasteiger partial charge is 0.349 e. The van der Waals surface area contributed by atoms with Crippen molar-refractivity contribution in [2.24, 2.45) is 5.73 Å². The van der Waals surface area contributed by atoms with Crippen LogP contribution >= 0.6 is 23.2 Å². The van der Waals surface area contributed by atoms with Gasteiger partial charge in [-0.2, -0.15) is 0 Å². The maximum atomic E-state index is 11.4. The van der Waals surface area contributed by atoms with E-state index in [0.29, 0.717) is 17.3 Å². The second kappa shape index (κ2) is 4.68. The SMILES string of the molecule is CC(N)CNC(=O)c1cc(Cl)c(Cl)[nH]1. The highest BCUT2D eigenvalue weighted by Crippen LogP contribution is 2.21. The molecule has 1 aromatic heterocycles. The van der Waals surface area contributed by atoms with E-state index in [1.54, 1.807) is 6.92 Å². The molecule has 1 amide bonds. The minimum absolute atomic E-state index is 0.0835. The van der Waals surface area contributed by atoms with E-state index in [2.05, 4.69) is 10.3 Å². The molecule has 0 aliphatic carbocycles. The molecule has 1 unspecified atom stereocenters. The summed E-state index contributed by atoms with van der Waals surface area (Å²) in [4.78, 5) is 14.0. The Bertz CT molecular complexity index is 316. The highest BCUT2D eigenvalue weighted by molar-refractivity contribution is 6.41. The first-order valence-electron chi connectivity index (χ1n) is 4.08. The molecule has 0 aliphatic heterocycles. The van der Waals surface area contributed by atoms with Crippen LogP contribution in [-0.2, 0) is 0 Å². The number of halogens is 2. The Kier molecular flexibility index (Phi) is 3.80. The Labute approximate surface area is 91.8 Å². The molecule has 0 bridgehead atoms. The summed E-state index contributed by atoms with van der Waals surface area (Å²) in [6.07, 6.45) is 0.